The molecule has 1 heterocycles. The SMILES string of the molecule is Cl.Fc1cc([C@H]2CCN2)ccc1Br. The third-order valence-electron chi connectivity index (χ3n) is 2.17. The first-order chi connectivity index (χ1) is 5.77. The number of benzene rings is 1. The highest BCUT2D eigenvalue weighted by Gasteiger charge is 2.18. The van der Waals surface area contributed by atoms with E-state index in [1.807, 2.05) is 6.07 Å². The third kappa shape index (κ3) is 2.22. The maximum Gasteiger partial charge on any atom is 0.137 e. The molecule has 0 spiro atoms. The molecule has 1 aromatic carbocycles. The molecule has 1 fully saturated rings. The molecule has 0 unspecified atom stereocenters. The number of nitrogens with one attached hydrogen (secondary N) is 1. The molecule has 0 aromatic heterocycles. The van der Waals surface area contributed by atoms with Gasteiger partial charge in [-0.15, -0.1) is 12.4 Å². The van der Waals surface area contributed by atoms with Crippen LogP contribution in [0, 0.1) is 5.82 Å². The minimum Gasteiger partial charge on any atom is -0.310 e. The Morgan fingerprint density at radius 1 is 1.46 bits per heavy atom. The Morgan fingerprint density at radius 2 is 2.15 bits per heavy atom. The Kier molecular flexibility index (Phi) is 3.71. The van der Waals surface area contributed by atoms with Crippen molar-refractivity contribution >= 4 is 28.3 Å². The summed E-state index contributed by atoms with van der Waals surface area (Å²) in [4.78, 5) is 0. The molecule has 2 rings (SSSR count). The molecule has 1 nitrogen and oxygen atoms in total. The van der Waals surface area contributed by atoms with Gasteiger partial charge in [0.1, 0.15) is 5.82 Å². The van der Waals surface area contributed by atoms with Crippen LogP contribution in [0.4, 0.5) is 4.39 Å². The van der Waals surface area contributed by atoms with Crippen molar-refractivity contribution in [3.05, 3.63) is 34.1 Å². The van der Waals surface area contributed by atoms with Crippen molar-refractivity contribution in [3.63, 3.8) is 0 Å². The molecule has 13 heavy (non-hydrogen) atoms. The maximum absolute atomic E-state index is 13.0. The minimum absolute atomic E-state index is 0. The van der Waals surface area contributed by atoms with Crippen LogP contribution >= 0.6 is 28.3 Å². The van der Waals surface area contributed by atoms with Crippen molar-refractivity contribution in [2.45, 2.75) is 12.5 Å². The fourth-order valence-corrected chi connectivity index (χ4v) is 1.55. The van der Waals surface area contributed by atoms with E-state index in [1.165, 1.54) is 0 Å². The second-order valence-electron chi connectivity index (χ2n) is 2.97. The molecule has 0 amide bonds. The van der Waals surface area contributed by atoms with E-state index in [4.69, 9.17) is 0 Å². The third-order valence-corrected chi connectivity index (χ3v) is 2.81. The summed E-state index contributed by atoms with van der Waals surface area (Å²) in [5, 5.41) is 3.23. The van der Waals surface area contributed by atoms with Gasteiger partial charge in [0.05, 0.1) is 4.47 Å². The Balaban J connectivity index is 0.000000845. The van der Waals surface area contributed by atoms with E-state index in [-0.39, 0.29) is 18.2 Å². The zero-order chi connectivity index (χ0) is 8.55. The molecule has 1 saturated heterocycles. The van der Waals surface area contributed by atoms with Gasteiger partial charge in [-0.1, -0.05) is 6.07 Å². The molecule has 1 N–H and O–H groups in total. The summed E-state index contributed by atoms with van der Waals surface area (Å²) in [7, 11) is 0. The van der Waals surface area contributed by atoms with Gasteiger partial charge >= 0.3 is 0 Å². The van der Waals surface area contributed by atoms with E-state index in [0.29, 0.717) is 10.5 Å². The first-order valence-corrected chi connectivity index (χ1v) is 4.75. The van der Waals surface area contributed by atoms with Gasteiger partial charge in [0.15, 0.2) is 0 Å². The number of hydrogen-bond donors (Lipinski definition) is 1. The van der Waals surface area contributed by atoms with Crippen LogP contribution < -0.4 is 5.32 Å². The van der Waals surface area contributed by atoms with E-state index in [2.05, 4.69) is 21.2 Å². The molecule has 1 aliphatic heterocycles. The lowest BCUT2D eigenvalue weighted by Crippen LogP contribution is -2.34. The van der Waals surface area contributed by atoms with Crippen LogP contribution in [0.3, 0.4) is 0 Å². The van der Waals surface area contributed by atoms with Gasteiger partial charge < -0.3 is 5.32 Å². The molecular formula is C9H10BrClFN. The topological polar surface area (TPSA) is 12.0 Å². The van der Waals surface area contributed by atoms with E-state index >= 15 is 0 Å². The van der Waals surface area contributed by atoms with Gasteiger partial charge in [-0.2, -0.15) is 0 Å². The first-order valence-electron chi connectivity index (χ1n) is 3.96. The fourth-order valence-electron chi connectivity index (χ4n) is 1.30. The number of hydrogen-bond acceptors (Lipinski definition) is 1. The minimum atomic E-state index is -0.179. The lowest BCUT2D eigenvalue weighted by Gasteiger charge is -2.28. The van der Waals surface area contributed by atoms with Crippen molar-refractivity contribution < 1.29 is 4.39 Å². The summed E-state index contributed by atoms with van der Waals surface area (Å²) >= 11 is 3.12. The van der Waals surface area contributed by atoms with Crippen LogP contribution in [-0.4, -0.2) is 6.54 Å². The fraction of sp³-hybridized carbons (Fsp3) is 0.333. The first kappa shape index (κ1) is 11.0. The quantitative estimate of drug-likeness (QED) is 0.824. The van der Waals surface area contributed by atoms with Gasteiger partial charge in [0.2, 0.25) is 0 Å². The molecule has 0 radical (unpaired) electrons. The lowest BCUT2D eigenvalue weighted by molar-refractivity contribution is 0.382. The van der Waals surface area contributed by atoms with Gasteiger partial charge in [0.25, 0.3) is 0 Å². The Labute approximate surface area is 91.3 Å². The predicted octanol–water partition coefficient (Wildman–Crippen LogP) is 3.04. The van der Waals surface area contributed by atoms with E-state index in [9.17, 15) is 4.39 Å². The van der Waals surface area contributed by atoms with E-state index < -0.39 is 0 Å². The standard InChI is InChI=1S/C9H9BrFN.ClH/c10-7-2-1-6(5-8(7)11)9-3-4-12-9;/h1-2,5,9,12H,3-4H2;1H/t9-;/m1./s1. The highest BCUT2D eigenvalue weighted by molar-refractivity contribution is 9.10. The normalized spacial score (nSPS) is 20.3. The van der Waals surface area contributed by atoms with Crippen LogP contribution in [-0.2, 0) is 0 Å². The summed E-state index contributed by atoms with van der Waals surface area (Å²) in [6, 6.07) is 5.66. The van der Waals surface area contributed by atoms with Crippen LogP contribution in [0.1, 0.15) is 18.0 Å². The van der Waals surface area contributed by atoms with E-state index in [0.717, 1.165) is 18.5 Å². The second-order valence-corrected chi connectivity index (χ2v) is 3.82. The average Bonchev–Trinajstić information content (AvgIpc) is 1.93. The van der Waals surface area contributed by atoms with Gasteiger partial charge in [-0.05, 0) is 46.6 Å². The molecule has 0 aliphatic carbocycles. The average molecular weight is 267 g/mol. The van der Waals surface area contributed by atoms with Gasteiger partial charge in [0, 0.05) is 6.04 Å². The van der Waals surface area contributed by atoms with Crippen molar-refractivity contribution in [2.75, 3.05) is 6.54 Å². The largest absolute Gasteiger partial charge is 0.310 e. The van der Waals surface area contributed by atoms with Crippen LogP contribution in [0.2, 0.25) is 0 Å². The Hall–Kier alpha value is -0.120. The Bertz CT molecular complexity index is 302. The van der Waals surface area contributed by atoms with Crippen molar-refractivity contribution in [1.29, 1.82) is 0 Å². The summed E-state index contributed by atoms with van der Waals surface area (Å²) in [6.45, 7) is 1.04. The molecule has 72 valence electrons. The molecular weight excluding hydrogens is 256 g/mol. The lowest BCUT2D eigenvalue weighted by atomic mass is 9.98. The van der Waals surface area contributed by atoms with Gasteiger partial charge in [-0.3, -0.25) is 0 Å². The van der Waals surface area contributed by atoms with E-state index in [1.54, 1.807) is 12.1 Å². The molecule has 1 aromatic rings. The molecule has 1 atom stereocenters. The van der Waals surface area contributed by atoms with Crippen LogP contribution in [0.5, 0.6) is 0 Å². The second kappa shape index (κ2) is 4.40. The summed E-state index contributed by atoms with van der Waals surface area (Å²) < 4.78 is 13.6. The van der Waals surface area contributed by atoms with Crippen LogP contribution in [0.25, 0.3) is 0 Å². The van der Waals surface area contributed by atoms with Crippen molar-refractivity contribution in [2.24, 2.45) is 0 Å². The smallest absolute Gasteiger partial charge is 0.137 e. The number of halogens is 3. The molecule has 1 aliphatic rings. The summed E-state index contributed by atoms with van der Waals surface area (Å²) in [5.41, 5.74) is 1.04. The van der Waals surface area contributed by atoms with Crippen LogP contribution in [0.15, 0.2) is 22.7 Å². The zero-order valence-electron chi connectivity index (χ0n) is 6.89. The summed E-state index contributed by atoms with van der Waals surface area (Å²) in [5.74, 6) is -0.179. The summed E-state index contributed by atoms with van der Waals surface area (Å²) in [6.07, 6.45) is 1.11. The van der Waals surface area contributed by atoms with Crippen molar-refractivity contribution in [1.82, 2.24) is 5.32 Å². The van der Waals surface area contributed by atoms with Crippen molar-refractivity contribution in [3.8, 4) is 0 Å². The zero-order valence-corrected chi connectivity index (χ0v) is 9.29. The maximum atomic E-state index is 13.0. The molecule has 0 saturated carbocycles. The molecule has 4 heteroatoms. The highest BCUT2D eigenvalue weighted by Crippen LogP contribution is 2.25. The Morgan fingerprint density at radius 3 is 2.62 bits per heavy atom. The number of rotatable bonds is 1. The molecule has 0 bridgehead atoms. The highest BCUT2D eigenvalue weighted by atomic mass is 79.9. The monoisotopic (exact) mass is 265 g/mol. The predicted molar refractivity (Wildman–Crippen MR) is 56.7 cm³/mol. The van der Waals surface area contributed by atoms with Gasteiger partial charge in [-0.25, -0.2) is 4.39 Å².